The zero-order valence-corrected chi connectivity index (χ0v) is 20.5. The molecule has 0 bridgehead atoms. The highest BCUT2D eigenvalue weighted by molar-refractivity contribution is 5.81. The van der Waals surface area contributed by atoms with Crippen molar-refractivity contribution in [2.24, 2.45) is 5.92 Å². The number of fused-ring (bicyclic) bond motifs is 1. The molecule has 0 spiro atoms. The number of H-pyrrole nitrogens is 1. The second-order valence-electron chi connectivity index (χ2n) is 9.46. The lowest BCUT2D eigenvalue weighted by Gasteiger charge is -2.37. The molecule has 1 N–H and O–H groups in total. The number of esters is 1. The van der Waals surface area contributed by atoms with Crippen LogP contribution in [0.5, 0.6) is 0 Å². The molecule has 0 amide bonds. The number of para-hydroxylation sites is 1. The minimum atomic E-state index is -0.368. The Morgan fingerprint density at radius 2 is 2.06 bits per heavy atom. The summed E-state index contributed by atoms with van der Waals surface area (Å²) in [6, 6.07) is 8.20. The van der Waals surface area contributed by atoms with Crippen molar-refractivity contribution in [3.63, 3.8) is 0 Å². The number of hydrogen-bond acceptors (Lipinski definition) is 7. The number of benzene rings is 1. The summed E-state index contributed by atoms with van der Waals surface area (Å²) < 4.78 is 6.66. The summed E-state index contributed by atoms with van der Waals surface area (Å²) in [6.45, 7) is 8.80. The average molecular weight is 467 g/mol. The van der Waals surface area contributed by atoms with Gasteiger partial charge in [-0.3, -0.25) is 14.5 Å². The van der Waals surface area contributed by atoms with Crippen LogP contribution in [-0.2, 0) is 22.6 Å². The van der Waals surface area contributed by atoms with Crippen LogP contribution in [0.25, 0.3) is 10.9 Å². The van der Waals surface area contributed by atoms with Gasteiger partial charge in [-0.25, -0.2) is 4.68 Å². The Hall–Kier alpha value is -3.07. The highest BCUT2D eigenvalue weighted by Crippen LogP contribution is 2.36. The molecule has 182 valence electrons. The van der Waals surface area contributed by atoms with Gasteiger partial charge >= 0.3 is 5.97 Å². The summed E-state index contributed by atoms with van der Waals surface area (Å²) in [6.07, 6.45) is 4.44. The van der Waals surface area contributed by atoms with E-state index in [1.165, 1.54) is 0 Å². The Morgan fingerprint density at radius 1 is 1.29 bits per heavy atom. The molecule has 1 atom stereocenters. The Labute approximate surface area is 199 Å². The molecular formula is C25H34N6O3. The van der Waals surface area contributed by atoms with Crippen LogP contribution in [0.3, 0.4) is 0 Å². The van der Waals surface area contributed by atoms with E-state index in [9.17, 15) is 9.59 Å². The van der Waals surface area contributed by atoms with Crippen molar-refractivity contribution in [2.45, 2.75) is 78.6 Å². The second kappa shape index (κ2) is 10.5. The van der Waals surface area contributed by atoms with Crippen LogP contribution in [0.1, 0.15) is 69.4 Å². The topological polar surface area (TPSA) is 106 Å². The van der Waals surface area contributed by atoms with Gasteiger partial charge in [0.05, 0.1) is 18.2 Å². The lowest BCUT2D eigenvalue weighted by Crippen LogP contribution is -2.41. The minimum Gasteiger partial charge on any atom is -0.465 e. The lowest BCUT2D eigenvalue weighted by molar-refractivity contribution is -0.144. The van der Waals surface area contributed by atoms with Crippen molar-refractivity contribution in [1.29, 1.82) is 0 Å². The molecule has 0 radical (unpaired) electrons. The van der Waals surface area contributed by atoms with Crippen molar-refractivity contribution in [3.8, 4) is 0 Å². The summed E-state index contributed by atoms with van der Waals surface area (Å²) in [4.78, 5) is 30.7. The molecule has 1 aliphatic rings. The summed E-state index contributed by atoms with van der Waals surface area (Å²) >= 11 is 0. The second-order valence-corrected chi connectivity index (χ2v) is 9.46. The number of nitrogens with one attached hydrogen (secondary N) is 1. The fourth-order valence-electron chi connectivity index (χ4n) is 5.13. The van der Waals surface area contributed by atoms with Crippen LogP contribution >= 0.6 is 0 Å². The molecule has 1 saturated carbocycles. The predicted molar refractivity (Wildman–Crippen MR) is 129 cm³/mol. The van der Waals surface area contributed by atoms with Crippen molar-refractivity contribution in [1.82, 2.24) is 30.1 Å². The van der Waals surface area contributed by atoms with Crippen molar-refractivity contribution in [3.05, 3.63) is 51.6 Å². The van der Waals surface area contributed by atoms with Gasteiger partial charge < -0.3 is 9.72 Å². The number of rotatable bonds is 9. The Balaban J connectivity index is 1.73. The van der Waals surface area contributed by atoms with Crippen molar-refractivity contribution >= 4 is 16.9 Å². The molecule has 2 aromatic heterocycles. The van der Waals surface area contributed by atoms with Gasteiger partial charge in [0.1, 0.15) is 6.54 Å². The summed E-state index contributed by atoms with van der Waals surface area (Å²) in [5.74, 6) is 0.421. The number of hydrogen-bond donors (Lipinski definition) is 1. The highest BCUT2D eigenvalue weighted by atomic mass is 16.5. The van der Waals surface area contributed by atoms with E-state index in [1.54, 1.807) is 11.6 Å². The third-order valence-corrected chi connectivity index (χ3v) is 6.71. The van der Waals surface area contributed by atoms with E-state index in [-0.39, 0.29) is 30.0 Å². The molecule has 1 fully saturated rings. The molecule has 0 saturated heterocycles. The van der Waals surface area contributed by atoms with E-state index in [0.717, 1.165) is 47.7 Å². The van der Waals surface area contributed by atoms with Crippen molar-refractivity contribution < 1.29 is 9.53 Å². The van der Waals surface area contributed by atoms with E-state index in [0.29, 0.717) is 25.0 Å². The maximum atomic E-state index is 13.1. The predicted octanol–water partition coefficient (Wildman–Crippen LogP) is 3.53. The standard InChI is InChI=1S/C25H34N6O3/c1-5-34-21(32)15-31-24(27-28-29-31)23(16(2)3)30(20-11-6-7-12-20)14-19-13-18-10-8-9-17(4)22(18)26-25(19)33/h8-10,13,16,20,23H,5-7,11-12,14-15H2,1-4H3,(H,26,33)/t23-/m1/s1. The molecule has 0 unspecified atom stereocenters. The minimum absolute atomic E-state index is 0.0340. The number of carbonyl (C=O) groups is 1. The van der Waals surface area contributed by atoms with Crippen LogP contribution in [-0.4, -0.2) is 48.7 Å². The zero-order valence-electron chi connectivity index (χ0n) is 20.5. The van der Waals surface area contributed by atoms with Gasteiger partial charge in [-0.15, -0.1) is 5.10 Å². The number of tetrazole rings is 1. The first-order valence-corrected chi connectivity index (χ1v) is 12.2. The summed E-state index contributed by atoms with van der Waals surface area (Å²) in [5.41, 5.74) is 2.58. The third kappa shape index (κ3) is 5.04. The smallest absolute Gasteiger partial charge is 0.327 e. The van der Waals surface area contributed by atoms with Gasteiger partial charge in [0.15, 0.2) is 5.82 Å². The Morgan fingerprint density at radius 3 is 2.76 bits per heavy atom. The molecule has 3 aromatic rings. The monoisotopic (exact) mass is 466 g/mol. The lowest BCUT2D eigenvalue weighted by atomic mass is 9.97. The molecule has 1 aliphatic carbocycles. The number of ether oxygens (including phenoxy) is 1. The largest absolute Gasteiger partial charge is 0.465 e. The van der Waals surface area contributed by atoms with E-state index < -0.39 is 0 Å². The van der Waals surface area contributed by atoms with Gasteiger partial charge in [-0.05, 0) is 60.0 Å². The van der Waals surface area contributed by atoms with E-state index in [4.69, 9.17) is 4.74 Å². The van der Waals surface area contributed by atoms with E-state index in [1.807, 2.05) is 31.2 Å². The first-order chi connectivity index (χ1) is 16.4. The first-order valence-electron chi connectivity index (χ1n) is 12.2. The fraction of sp³-hybridized carbons (Fsp3) is 0.560. The summed E-state index contributed by atoms with van der Waals surface area (Å²) in [7, 11) is 0. The quantitative estimate of drug-likeness (QED) is 0.481. The van der Waals surface area contributed by atoms with Gasteiger partial charge in [0.25, 0.3) is 5.56 Å². The van der Waals surface area contributed by atoms with Crippen LogP contribution in [0.4, 0.5) is 0 Å². The van der Waals surface area contributed by atoms with Crippen LogP contribution in [0.15, 0.2) is 29.1 Å². The molecule has 0 aliphatic heterocycles. The maximum absolute atomic E-state index is 13.1. The number of aryl methyl sites for hydroxylation is 1. The van der Waals surface area contributed by atoms with Gasteiger partial charge in [0.2, 0.25) is 0 Å². The van der Waals surface area contributed by atoms with Crippen LogP contribution in [0, 0.1) is 12.8 Å². The molecule has 9 nitrogen and oxygen atoms in total. The average Bonchev–Trinajstić information content (AvgIpc) is 3.47. The number of pyridine rings is 1. The molecule has 1 aromatic carbocycles. The molecule has 9 heteroatoms. The number of aromatic nitrogens is 5. The van der Waals surface area contributed by atoms with Gasteiger partial charge in [-0.2, -0.15) is 0 Å². The Kier molecular flexibility index (Phi) is 7.41. The van der Waals surface area contributed by atoms with E-state index in [2.05, 4.69) is 39.3 Å². The SMILES string of the molecule is CCOC(=O)Cn1nnnc1[C@@H](C(C)C)N(Cc1cc2cccc(C)c2[nH]c1=O)C1CCCC1. The normalized spacial score (nSPS) is 15.5. The van der Waals surface area contributed by atoms with Crippen molar-refractivity contribution in [2.75, 3.05) is 6.61 Å². The third-order valence-electron chi connectivity index (χ3n) is 6.71. The Bertz CT molecular complexity index is 1190. The maximum Gasteiger partial charge on any atom is 0.327 e. The molecule has 34 heavy (non-hydrogen) atoms. The zero-order chi connectivity index (χ0) is 24.2. The number of carbonyl (C=O) groups excluding carboxylic acids is 1. The van der Waals surface area contributed by atoms with Gasteiger partial charge in [-0.1, -0.05) is 44.9 Å². The fourth-order valence-corrected chi connectivity index (χ4v) is 5.13. The number of aromatic amines is 1. The van der Waals surface area contributed by atoms with Gasteiger partial charge in [0, 0.05) is 18.2 Å². The van der Waals surface area contributed by atoms with Crippen LogP contribution in [0.2, 0.25) is 0 Å². The number of nitrogens with zero attached hydrogens (tertiary/aromatic N) is 5. The highest BCUT2D eigenvalue weighted by Gasteiger charge is 2.35. The molecular weight excluding hydrogens is 432 g/mol. The molecule has 2 heterocycles. The van der Waals surface area contributed by atoms with Crippen LogP contribution < -0.4 is 5.56 Å². The first kappa shape index (κ1) is 24.1. The molecule has 4 rings (SSSR count). The summed E-state index contributed by atoms with van der Waals surface area (Å²) in [5, 5.41) is 13.3. The van der Waals surface area contributed by atoms with E-state index >= 15 is 0 Å².